The zero-order valence-corrected chi connectivity index (χ0v) is 17.4. The molecule has 0 spiro atoms. The molecule has 154 valence electrons. The minimum atomic E-state index is -3.84. The van der Waals surface area contributed by atoms with Crippen LogP contribution in [0.2, 0.25) is 5.02 Å². The van der Waals surface area contributed by atoms with Crippen LogP contribution in [0.5, 0.6) is 0 Å². The lowest BCUT2D eigenvalue weighted by molar-refractivity contribution is -0.116. The summed E-state index contributed by atoms with van der Waals surface area (Å²) in [6.45, 7) is 0. The number of carbonyl (C=O) groups excluding carboxylic acids is 2. The number of Topliss-reactive ketones (excluding diaryl/α,β-unsaturated/α-hetero) is 1. The van der Waals surface area contributed by atoms with Gasteiger partial charge in [-0.15, -0.1) is 0 Å². The summed E-state index contributed by atoms with van der Waals surface area (Å²) in [5.74, 6) is -0.506. The Bertz CT molecular complexity index is 1150. The average molecular weight is 443 g/mol. The van der Waals surface area contributed by atoms with E-state index in [2.05, 4.69) is 10.0 Å². The van der Waals surface area contributed by atoms with E-state index in [1.54, 1.807) is 54.6 Å². The summed E-state index contributed by atoms with van der Waals surface area (Å²) in [6.07, 6.45) is 0.0552. The van der Waals surface area contributed by atoms with E-state index in [0.717, 1.165) is 0 Å². The predicted octanol–water partition coefficient (Wildman–Crippen LogP) is 4.74. The number of benzene rings is 3. The van der Waals surface area contributed by atoms with Gasteiger partial charge < -0.3 is 5.32 Å². The van der Waals surface area contributed by atoms with Crippen molar-refractivity contribution in [3.05, 3.63) is 89.4 Å². The molecule has 1 amide bonds. The summed E-state index contributed by atoms with van der Waals surface area (Å²) in [5.41, 5.74) is 1.24. The van der Waals surface area contributed by atoms with Crippen LogP contribution in [-0.2, 0) is 14.8 Å². The van der Waals surface area contributed by atoms with Crippen LogP contribution in [-0.4, -0.2) is 20.1 Å². The number of sulfonamides is 1. The van der Waals surface area contributed by atoms with Gasteiger partial charge in [0, 0.05) is 34.8 Å². The lowest BCUT2D eigenvalue weighted by atomic mass is 10.1. The van der Waals surface area contributed by atoms with Crippen LogP contribution in [0.25, 0.3) is 0 Å². The molecule has 0 radical (unpaired) electrons. The summed E-state index contributed by atoms with van der Waals surface area (Å²) in [7, 11) is -3.84. The lowest BCUT2D eigenvalue weighted by Gasteiger charge is -2.10. The van der Waals surface area contributed by atoms with Gasteiger partial charge in [0.05, 0.1) is 4.90 Å². The Morgan fingerprint density at radius 1 is 0.800 bits per heavy atom. The molecule has 3 aromatic carbocycles. The second kappa shape index (κ2) is 9.56. The van der Waals surface area contributed by atoms with Crippen molar-refractivity contribution in [3.63, 3.8) is 0 Å². The van der Waals surface area contributed by atoms with E-state index in [1.165, 1.54) is 18.2 Å². The molecule has 0 fully saturated rings. The Morgan fingerprint density at radius 2 is 1.50 bits per heavy atom. The molecule has 0 unspecified atom stereocenters. The Balaban J connectivity index is 1.62. The molecular weight excluding hydrogens is 424 g/mol. The van der Waals surface area contributed by atoms with Crippen LogP contribution < -0.4 is 10.0 Å². The highest BCUT2D eigenvalue weighted by Crippen LogP contribution is 2.21. The molecule has 2 N–H and O–H groups in total. The second-order valence-electron chi connectivity index (χ2n) is 6.48. The summed E-state index contributed by atoms with van der Waals surface area (Å²) >= 11 is 5.81. The van der Waals surface area contributed by atoms with Crippen LogP contribution in [0.4, 0.5) is 11.4 Å². The molecule has 0 aliphatic heterocycles. The number of carbonyl (C=O) groups is 2. The summed E-state index contributed by atoms with van der Waals surface area (Å²) in [6, 6.07) is 20.9. The zero-order valence-electron chi connectivity index (χ0n) is 15.8. The molecule has 0 saturated heterocycles. The van der Waals surface area contributed by atoms with Crippen molar-refractivity contribution in [2.24, 2.45) is 0 Å². The lowest BCUT2D eigenvalue weighted by Crippen LogP contribution is -2.15. The molecular formula is C22H19ClN2O4S. The fourth-order valence-corrected chi connectivity index (χ4v) is 3.92. The van der Waals surface area contributed by atoms with Crippen molar-refractivity contribution in [1.82, 2.24) is 0 Å². The largest absolute Gasteiger partial charge is 0.326 e. The first-order chi connectivity index (χ1) is 14.3. The Morgan fingerprint density at radius 3 is 2.20 bits per heavy atom. The monoisotopic (exact) mass is 442 g/mol. The van der Waals surface area contributed by atoms with Gasteiger partial charge in [0.2, 0.25) is 5.91 Å². The molecule has 0 aliphatic rings. The van der Waals surface area contributed by atoms with Gasteiger partial charge in [0.1, 0.15) is 0 Å². The smallest absolute Gasteiger partial charge is 0.261 e. The van der Waals surface area contributed by atoms with Gasteiger partial charge in [-0.3, -0.25) is 14.3 Å². The van der Waals surface area contributed by atoms with Crippen LogP contribution in [0, 0.1) is 0 Å². The first-order valence-corrected chi connectivity index (χ1v) is 11.0. The number of ketones is 1. The molecule has 0 aromatic heterocycles. The molecule has 3 rings (SSSR count). The highest BCUT2D eigenvalue weighted by Gasteiger charge is 2.16. The Kier molecular flexibility index (Phi) is 6.87. The van der Waals surface area contributed by atoms with Gasteiger partial charge in [-0.05, 0) is 42.5 Å². The Labute approximate surface area is 179 Å². The maximum Gasteiger partial charge on any atom is 0.261 e. The fourth-order valence-electron chi connectivity index (χ4n) is 2.69. The van der Waals surface area contributed by atoms with E-state index in [4.69, 9.17) is 11.6 Å². The van der Waals surface area contributed by atoms with Crippen molar-refractivity contribution in [3.8, 4) is 0 Å². The van der Waals surface area contributed by atoms with Crippen molar-refractivity contribution < 1.29 is 18.0 Å². The fraction of sp³-hybridized carbons (Fsp3) is 0.0909. The molecule has 0 atom stereocenters. The third-order valence-electron chi connectivity index (χ3n) is 4.20. The molecule has 0 saturated carbocycles. The third-order valence-corrected chi connectivity index (χ3v) is 5.83. The first kappa shape index (κ1) is 21.5. The molecule has 3 aromatic rings. The van der Waals surface area contributed by atoms with Gasteiger partial charge in [0.25, 0.3) is 10.0 Å². The van der Waals surface area contributed by atoms with E-state index in [0.29, 0.717) is 22.0 Å². The normalized spacial score (nSPS) is 11.0. The molecule has 6 nitrogen and oxygen atoms in total. The minimum Gasteiger partial charge on any atom is -0.326 e. The highest BCUT2D eigenvalue weighted by molar-refractivity contribution is 7.92. The number of amides is 1. The number of rotatable bonds is 8. The van der Waals surface area contributed by atoms with Gasteiger partial charge in [0.15, 0.2) is 5.78 Å². The standard InChI is InChI=1S/C22H19ClN2O4S/c23-17-9-11-18(12-10-17)25-30(28,29)20-8-4-7-19(15-20)24-22(27)14-13-21(26)16-5-2-1-3-6-16/h1-12,15,25H,13-14H2,(H,24,27). The predicted molar refractivity (Wildman–Crippen MR) is 117 cm³/mol. The molecule has 8 heteroatoms. The topological polar surface area (TPSA) is 92.3 Å². The first-order valence-electron chi connectivity index (χ1n) is 9.10. The third kappa shape index (κ3) is 5.92. The van der Waals surface area contributed by atoms with Crippen LogP contribution in [0.3, 0.4) is 0 Å². The quantitative estimate of drug-likeness (QED) is 0.493. The van der Waals surface area contributed by atoms with Crippen molar-refractivity contribution in [1.29, 1.82) is 0 Å². The number of hydrogen-bond donors (Lipinski definition) is 2. The number of hydrogen-bond acceptors (Lipinski definition) is 4. The van der Waals surface area contributed by atoms with Crippen molar-refractivity contribution in [2.75, 3.05) is 10.0 Å². The van der Waals surface area contributed by atoms with E-state index in [1.807, 2.05) is 6.07 Å². The minimum absolute atomic E-state index is 0.00406. The van der Waals surface area contributed by atoms with Gasteiger partial charge in [-0.1, -0.05) is 48.0 Å². The van der Waals surface area contributed by atoms with Crippen LogP contribution in [0.15, 0.2) is 83.8 Å². The number of anilines is 2. The second-order valence-corrected chi connectivity index (χ2v) is 8.60. The maximum atomic E-state index is 12.6. The summed E-state index contributed by atoms with van der Waals surface area (Å²) < 4.78 is 27.6. The maximum absolute atomic E-state index is 12.6. The van der Waals surface area contributed by atoms with Crippen LogP contribution in [0.1, 0.15) is 23.2 Å². The number of halogens is 1. The molecule has 0 heterocycles. The zero-order chi connectivity index (χ0) is 21.6. The highest BCUT2D eigenvalue weighted by atomic mass is 35.5. The average Bonchev–Trinajstić information content (AvgIpc) is 2.74. The summed E-state index contributed by atoms with van der Waals surface area (Å²) in [4.78, 5) is 24.3. The van der Waals surface area contributed by atoms with E-state index >= 15 is 0 Å². The van der Waals surface area contributed by atoms with Crippen LogP contribution >= 0.6 is 11.6 Å². The van der Waals surface area contributed by atoms with Gasteiger partial charge >= 0.3 is 0 Å². The van der Waals surface area contributed by atoms with Gasteiger partial charge in [-0.2, -0.15) is 0 Å². The summed E-state index contributed by atoms with van der Waals surface area (Å²) in [5, 5.41) is 3.13. The Hall–Kier alpha value is -3.16. The SMILES string of the molecule is O=C(CCC(=O)c1ccccc1)Nc1cccc(S(=O)(=O)Nc2ccc(Cl)cc2)c1. The molecule has 30 heavy (non-hydrogen) atoms. The molecule has 0 bridgehead atoms. The van der Waals surface area contributed by atoms with Gasteiger partial charge in [-0.25, -0.2) is 8.42 Å². The van der Waals surface area contributed by atoms with E-state index in [-0.39, 0.29) is 29.4 Å². The molecule has 0 aliphatic carbocycles. The van der Waals surface area contributed by atoms with E-state index < -0.39 is 10.0 Å². The van der Waals surface area contributed by atoms with E-state index in [9.17, 15) is 18.0 Å². The number of nitrogens with one attached hydrogen (secondary N) is 2. The van der Waals surface area contributed by atoms with Crippen molar-refractivity contribution >= 4 is 44.7 Å². The van der Waals surface area contributed by atoms with Crippen molar-refractivity contribution in [2.45, 2.75) is 17.7 Å².